The summed E-state index contributed by atoms with van der Waals surface area (Å²) in [6.45, 7) is 3.16. The van der Waals surface area contributed by atoms with Crippen LogP contribution in [-0.4, -0.2) is 50.2 Å². The number of aromatic nitrogens is 4. The van der Waals surface area contributed by atoms with Gasteiger partial charge in [0.05, 0.1) is 12.3 Å². The predicted octanol–water partition coefficient (Wildman–Crippen LogP) is 3.23. The number of ether oxygens (including phenoxy) is 1. The summed E-state index contributed by atoms with van der Waals surface area (Å²) in [5.74, 6) is 0.591. The first-order valence-electron chi connectivity index (χ1n) is 11.3. The molecule has 1 aliphatic heterocycles. The molecular formula is C22H27N7O4. The van der Waals surface area contributed by atoms with Crippen molar-refractivity contribution in [2.45, 2.75) is 51.6 Å². The molecule has 0 radical (unpaired) electrons. The number of fused-ring (bicyclic) bond motifs is 3. The van der Waals surface area contributed by atoms with E-state index in [0.717, 1.165) is 42.5 Å². The van der Waals surface area contributed by atoms with E-state index in [9.17, 15) is 14.9 Å². The quantitative estimate of drug-likeness (QED) is 0.225. The van der Waals surface area contributed by atoms with Gasteiger partial charge in [0, 0.05) is 48.9 Å². The monoisotopic (exact) mass is 453 g/mol. The van der Waals surface area contributed by atoms with Crippen molar-refractivity contribution in [2.24, 2.45) is 5.92 Å². The third-order valence-corrected chi connectivity index (χ3v) is 6.10. The standard InChI is InChI=1S/C22H27N7O4/c1-15(33-19(30)4-2-3-11-28(31)32)22-26-18-14-25-21-17(6-10-24-21)20(18)29(22)27-12-7-16(5-9-23)8-13-27/h6,10,14-16H,2-5,7-8,11-13H2,1H3,(H,24,25)/t15-/m1/s1. The minimum Gasteiger partial charge on any atom is -0.454 e. The molecule has 0 aromatic carbocycles. The number of hydrogen-bond acceptors (Lipinski definition) is 8. The maximum Gasteiger partial charge on any atom is 0.306 e. The minimum absolute atomic E-state index is 0.127. The number of nitrogens with one attached hydrogen (secondary N) is 1. The van der Waals surface area contributed by atoms with Crippen molar-refractivity contribution in [3.05, 3.63) is 34.4 Å². The molecule has 0 bridgehead atoms. The maximum atomic E-state index is 12.4. The Kier molecular flexibility index (Phi) is 6.72. The van der Waals surface area contributed by atoms with Gasteiger partial charge in [-0.15, -0.1) is 0 Å². The Morgan fingerprint density at radius 2 is 2.21 bits per heavy atom. The number of nitrogens with zero attached hydrogens (tertiary/aromatic N) is 6. The summed E-state index contributed by atoms with van der Waals surface area (Å²) in [7, 11) is 0. The van der Waals surface area contributed by atoms with Crippen LogP contribution < -0.4 is 5.01 Å². The Bertz CT molecular complexity index is 1190. The second-order valence-electron chi connectivity index (χ2n) is 8.42. The zero-order valence-electron chi connectivity index (χ0n) is 18.6. The van der Waals surface area contributed by atoms with Gasteiger partial charge in [-0.25, -0.2) is 14.6 Å². The molecule has 0 unspecified atom stereocenters. The number of rotatable bonds is 9. The fourth-order valence-corrected chi connectivity index (χ4v) is 4.39. The van der Waals surface area contributed by atoms with E-state index in [4.69, 9.17) is 15.0 Å². The minimum atomic E-state index is -0.605. The number of hydrogen-bond donors (Lipinski definition) is 1. The van der Waals surface area contributed by atoms with Crippen LogP contribution in [0.25, 0.3) is 22.1 Å². The van der Waals surface area contributed by atoms with Crippen LogP contribution in [0.15, 0.2) is 18.5 Å². The molecule has 0 saturated carbocycles. The van der Waals surface area contributed by atoms with Crippen molar-refractivity contribution in [3.8, 4) is 6.07 Å². The number of nitriles is 1. The molecule has 4 heterocycles. The van der Waals surface area contributed by atoms with Crippen molar-refractivity contribution in [2.75, 3.05) is 24.6 Å². The average molecular weight is 454 g/mol. The van der Waals surface area contributed by atoms with E-state index in [1.54, 1.807) is 13.1 Å². The van der Waals surface area contributed by atoms with Gasteiger partial charge in [0.2, 0.25) is 6.54 Å². The van der Waals surface area contributed by atoms with Crippen molar-refractivity contribution >= 4 is 28.0 Å². The van der Waals surface area contributed by atoms with E-state index in [1.165, 1.54) is 0 Å². The number of unbranched alkanes of at least 4 members (excludes halogenated alkanes) is 1. The fourth-order valence-electron chi connectivity index (χ4n) is 4.39. The van der Waals surface area contributed by atoms with Crippen LogP contribution in [0.1, 0.15) is 57.4 Å². The number of esters is 1. The number of pyridine rings is 1. The molecule has 1 atom stereocenters. The van der Waals surface area contributed by atoms with E-state index >= 15 is 0 Å². The van der Waals surface area contributed by atoms with E-state index < -0.39 is 12.1 Å². The number of piperidine rings is 1. The van der Waals surface area contributed by atoms with Gasteiger partial charge in [-0.2, -0.15) is 5.26 Å². The fraction of sp³-hybridized carbons (Fsp3) is 0.545. The lowest BCUT2D eigenvalue weighted by atomic mass is 9.95. The zero-order valence-corrected chi connectivity index (χ0v) is 18.6. The molecule has 174 valence electrons. The van der Waals surface area contributed by atoms with Crippen molar-refractivity contribution in [3.63, 3.8) is 0 Å². The van der Waals surface area contributed by atoms with Crippen LogP contribution in [0.3, 0.4) is 0 Å². The van der Waals surface area contributed by atoms with Crippen molar-refractivity contribution in [1.29, 1.82) is 5.26 Å². The van der Waals surface area contributed by atoms with Crippen LogP contribution >= 0.6 is 0 Å². The van der Waals surface area contributed by atoms with E-state index in [-0.39, 0.29) is 17.9 Å². The molecule has 3 aromatic rings. The highest BCUT2D eigenvalue weighted by atomic mass is 16.6. The SMILES string of the molecule is C[C@@H](OC(=O)CCCC[N+](=O)[O-])c1nc2cnc3[nH]ccc3c2n1N1CCC(CC#N)CC1. The second kappa shape index (κ2) is 9.85. The van der Waals surface area contributed by atoms with Crippen molar-refractivity contribution in [1.82, 2.24) is 19.6 Å². The summed E-state index contributed by atoms with van der Waals surface area (Å²) in [5.41, 5.74) is 2.37. The highest BCUT2D eigenvalue weighted by Gasteiger charge is 2.28. The third kappa shape index (κ3) is 4.89. The van der Waals surface area contributed by atoms with Gasteiger partial charge in [-0.1, -0.05) is 0 Å². The molecule has 1 saturated heterocycles. The first-order chi connectivity index (χ1) is 16.0. The molecular weight excluding hydrogens is 426 g/mol. The lowest BCUT2D eigenvalue weighted by Gasteiger charge is -2.35. The number of carbonyl (C=O) groups excluding carboxylic acids is 1. The molecule has 11 nitrogen and oxygen atoms in total. The molecule has 1 aliphatic rings. The maximum absolute atomic E-state index is 12.4. The number of nitro groups is 1. The summed E-state index contributed by atoms with van der Waals surface area (Å²) in [6.07, 6.45) is 6.17. The molecule has 4 rings (SSSR count). The van der Waals surface area contributed by atoms with Gasteiger partial charge in [-0.3, -0.25) is 14.9 Å². The Hall–Kier alpha value is -3.68. The smallest absolute Gasteiger partial charge is 0.306 e. The Labute approximate surface area is 190 Å². The topological polar surface area (TPSA) is 143 Å². The Morgan fingerprint density at radius 3 is 2.94 bits per heavy atom. The number of imidazole rings is 1. The van der Waals surface area contributed by atoms with Gasteiger partial charge < -0.3 is 14.7 Å². The molecule has 1 N–H and O–H groups in total. The van der Waals surface area contributed by atoms with Crippen molar-refractivity contribution < 1.29 is 14.5 Å². The highest BCUT2D eigenvalue weighted by Crippen LogP contribution is 2.30. The van der Waals surface area contributed by atoms with Crippen LogP contribution in [0, 0.1) is 27.4 Å². The number of carbonyl (C=O) groups is 1. The van der Waals surface area contributed by atoms with E-state index in [1.807, 2.05) is 16.9 Å². The summed E-state index contributed by atoms with van der Waals surface area (Å²) in [6, 6.07) is 4.23. The molecule has 33 heavy (non-hydrogen) atoms. The first-order valence-corrected chi connectivity index (χ1v) is 11.3. The lowest BCUT2D eigenvalue weighted by molar-refractivity contribution is -0.480. The first kappa shape index (κ1) is 22.5. The zero-order chi connectivity index (χ0) is 23.4. The summed E-state index contributed by atoms with van der Waals surface area (Å²) >= 11 is 0. The van der Waals surface area contributed by atoms with Crippen LogP contribution in [0.4, 0.5) is 0 Å². The van der Waals surface area contributed by atoms with Crippen LogP contribution in [0.2, 0.25) is 0 Å². The lowest BCUT2D eigenvalue weighted by Crippen LogP contribution is -2.43. The predicted molar refractivity (Wildman–Crippen MR) is 121 cm³/mol. The third-order valence-electron chi connectivity index (χ3n) is 6.10. The Balaban J connectivity index is 1.59. The largest absolute Gasteiger partial charge is 0.454 e. The molecule has 1 fully saturated rings. The average Bonchev–Trinajstić information content (AvgIpc) is 3.41. The van der Waals surface area contributed by atoms with E-state index in [2.05, 4.69) is 21.0 Å². The highest BCUT2D eigenvalue weighted by molar-refractivity contribution is 6.01. The van der Waals surface area contributed by atoms with E-state index in [0.29, 0.717) is 36.5 Å². The van der Waals surface area contributed by atoms with Gasteiger partial charge >= 0.3 is 5.97 Å². The second-order valence-corrected chi connectivity index (χ2v) is 8.42. The molecule has 11 heteroatoms. The molecule has 0 spiro atoms. The molecule has 3 aromatic heterocycles. The van der Waals surface area contributed by atoms with Gasteiger partial charge in [0.1, 0.15) is 16.7 Å². The van der Waals surface area contributed by atoms with Gasteiger partial charge in [-0.05, 0) is 38.2 Å². The summed E-state index contributed by atoms with van der Waals surface area (Å²) < 4.78 is 7.71. The number of H-pyrrole nitrogens is 1. The number of aromatic amines is 1. The molecule has 0 aliphatic carbocycles. The van der Waals surface area contributed by atoms with Gasteiger partial charge in [0.15, 0.2) is 11.9 Å². The van der Waals surface area contributed by atoms with Gasteiger partial charge in [0.25, 0.3) is 0 Å². The van der Waals surface area contributed by atoms with Crippen LogP contribution in [0.5, 0.6) is 0 Å². The Morgan fingerprint density at radius 1 is 1.42 bits per heavy atom. The van der Waals surface area contributed by atoms with Crippen LogP contribution in [-0.2, 0) is 9.53 Å². The molecule has 0 amide bonds. The normalized spacial score (nSPS) is 15.6. The summed E-state index contributed by atoms with van der Waals surface area (Å²) in [5, 5.41) is 22.6. The summed E-state index contributed by atoms with van der Waals surface area (Å²) in [4.78, 5) is 34.8.